The van der Waals surface area contributed by atoms with Crippen LogP contribution < -0.4 is 0 Å². The molecular weight excluding hydrogens is 232 g/mol. The molecule has 3 heteroatoms. The Morgan fingerprint density at radius 1 is 1.40 bits per heavy atom. The smallest absolute Gasteiger partial charge is 0.0348 e. The summed E-state index contributed by atoms with van der Waals surface area (Å²) in [7, 11) is 6.81. The lowest BCUT2D eigenvalue weighted by molar-refractivity contribution is 1.39. The second-order valence-corrected chi connectivity index (χ2v) is 3.86. The highest BCUT2D eigenvalue weighted by Crippen LogP contribution is 2.22. The summed E-state index contributed by atoms with van der Waals surface area (Å²) in [6.07, 6.45) is 0. The van der Waals surface area contributed by atoms with E-state index in [1.54, 1.807) is 0 Å². The predicted octanol–water partition coefficient (Wildman–Crippen LogP) is 3.84. The average molecular weight is 238 g/mol. The monoisotopic (exact) mass is 236 g/mol. The summed E-state index contributed by atoms with van der Waals surface area (Å²) in [6.45, 7) is 0. The lowest BCUT2D eigenvalue weighted by atomic mass is 10.2. The third-order valence-electron chi connectivity index (χ3n) is 1.17. The normalized spacial score (nSPS) is 9.80. The molecular formula is C7H6BrClS. The Balaban J connectivity index is 2.81. The van der Waals surface area contributed by atoms with E-state index in [9.17, 15) is 0 Å². The van der Waals surface area contributed by atoms with Crippen molar-refractivity contribution in [3.05, 3.63) is 34.3 Å². The molecule has 1 aromatic carbocycles. The van der Waals surface area contributed by atoms with Gasteiger partial charge in [0.05, 0.1) is 0 Å². The van der Waals surface area contributed by atoms with Crippen molar-refractivity contribution in [1.82, 2.24) is 0 Å². The van der Waals surface area contributed by atoms with Crippen LogP contribution in [0.15, 0.2) is 28.7 Å². The zero-order chi connectivity index (χ0) is 7.40. The van der Waals surface area contributed by atoms with Gasteiger partial charge in [-0.25, -0.2) is 0 Å². The first-order chi connectivity index (χ1) is 4.84. The summed E-state index contributed by atoms with van der Waals surface area (Å²) in [5, 5.41) is 0. The van der Waals surface area contributed by atoms with Crippen LogP contribution in [0.4, 0.5) is 0 Å². The Morgan fingerprint density at radius 2 is 2.10 bits per heavy atom. The fourth-order valence-corrected chi connectivity index (χ4v) is 2.01. The van der Waals surface area contributed by atoms with E-state index in [4.69, 9.17) is 10.7 Å². The van der Waals surface area contributed by atoms with Crippen molar-refractivity contribution in [1.29, 1.82) is 0 Å². The van der Waals surface area contributed by atoms with Crippen molar-refractivity contribution >= 4 is 37.6 Å². The molecule has 0 nitrogen and oxygen atoms in total. The number of hydrogen-bond donors (Lipinski definition) is 0. The van der Waals surface area contributed by atoms with Crippen LogP contribution in [0.25, 0.3) is 0 Å². The third kappa shape index (κ3) is 2.19. The maximum Gasteiger partial charge on any atom is 0.0348 e. The molecule has 0 radical (unpaired) electrons. The molecule has 1 rings (SSSR count). The van der Waals surface area contributed by atoms with E-state index in [-0.39, 0.29) is 0 Å². The number of rotatable bonds is 2. The van der Waals surface area contributed by atoms with E-state index >= 15 is 0 Å². The molecule has 0 saturated carbocycles. The molecule has 0 aliphatic rings. The third-order valence-corrected chi connectivity index (χ3v) is 2.69. The van der Waals surface area contributed by atoms with Crippen LogP contribution >= 0.6 is 37.6 Å². The first-order valence-corrected chi connectivity index (χ1v) is 5.42. The maximum absolute atomic E-state index is 5.50. The molecule has 54 valence electrons. The van der Waals surface area contributed by atoms with Gasteiger partial charge in [0, 0.05) is 10.2 Å². The summed E-state index contributed by atoms with van der Waals surface area (Å²) in [5.74, 6) is 0.850. The van der Waals surface area contributed by atoms with Crippen molar-refractivity contribution in [3.63, 3.8) is 0 Å². The Morgan fingerprint density at radius 3 is 2.70 bits per heavy atom. The molecule has 0 spiro atoms. The Kier molecular flexibility index (Phi) is 3.60. The molecule has 0 heterocycles. The molecule has 0 fully saturated rings. The largest absolute Gasteiger partial charge is 0.0619 e. The highest BCUT2D eigenvalue weighted by Gasteiger charge is 1.95. The quantitative estimate of drug-likeness (QED) is 0.753. The van der Waals surface area contributed by atoms with Crippen LogP contribution in [0.1, 0.15) is 5.56 Å². The van der Waals surface area contributed by atoms with Gasteiger partial charge < -0.3 is 0 Å². The second-order valence-electron chi connectivity index (χ2n) is 1.84. The highest BCUT2D eigenvalue weighted by molar-refractivity contribution is 9.10. The summed E-state index contributed by atoms with van der Waals surface area (Å²) < 4.78 is 1.13. The van der Waals surface area contributed by atoms with Crippen LogP contribution in [-0.4, -0.2) is 0 Å². The van der Waals surface area contributed by atoms with E-state index in [0.29, 0.717) is 0 Å². The van der Waals surface area contributed by atoms with E-state index in [1.807, 2.05) is 18.2 Å². The number of benzene rings is 1. The molecule has 0 aliphatic heterocycles. The van der Waals surface area contributed by atoms with Gasteiger partial charge in [-0.2, -0.15) is 0 Å². The number of halogens is 2. The Hall–Kier alpha value is 0.340. The van der Waals surface area contributed by atoms with E-state index in [2.05, 4.69) is 22.0 Å². The summed E-state index contributed by atoms with van der Waals surface area (Å²) in [6, 6.07) is 8.07. The lowest BCUT2D eigenvalue weighted by Gasteiger charge is -1.98. The van der Waals surface area contributed by atoms with Gasteiger partial charge in [0.2, 0.25) is 0 Å². The van der Waals surface area contributed by atoms with Gasteiger partial charge in [-0.1, -0.05) is 45.1 Å². The van der Waals surface area contributed by atoms with E-state index < -0.39 is 0 Å². The average Bonchev–Trinajstić information content (AvgIpc) is 1.94. The molecule has 0 unspecified atom stereocenters. The summed E-state index contributed by atoms with van der Waals surface area (Å²) in [4.78, 5) is 0. The van der Waals surface area contributed by atoms with Crippen LogP contribution in [0, 0.1) is 0 Å². The first kappa shape index (κ1) is 8.44. The maximum atomic E-state index is 5.50. The van der Waals surface area contributed by atoms with E-state index in [1.165, 1.54) is 16.5 Å². The van der Waals surface area contributed by atoms with E-state index in [0.717, 1.165) is 10.2 Å². The minimum atomic E-state index is 0.850. The standard InChI is InChI=1S/C7H6BrClS/c8-7-4-2-1-3-6(7)5-10-9/h1-4H,5H2. The Bertz CT molecular complexity index is 215. The zero-order valence-corrected chi connectivity index (χ0v) is 8.34. The molecule has 0 aliphatic carbocycles. The topological polar surface area (TPSA) is 0 Å². The molecule has 0 bridgehead atoms. The molecule has 0 saturated heterocycles. The van der Waals surface area contributed by atoms with Crippen molar-refractivity contribution in [2.24, 2.45) is 0 Å². The fraction of sp³-hybridized carbons (Fsp3) is 0.143. The Labute approximate surface area is 77.6 Å². The zero-order valence-electron chi connectivity index (χ0n) is 5.18. The van der Waals surface area contributed by atoms with Gasteiger partial charge in [-0.3, -0.25) is 0 Å². The molecule has 10 heavy (non-hydrogen) atoms. The van der Waals surface area contributed by atoms with Crippen molar-refractivity contribution < 1.29 is 0 Å². The SMILES string of the molecule is ClSCc1ccccc1Br. The fourth-order valence-electron chi connectivity index (χ4n) is 0.674. The van der Waals surface area contributed by atoms with Gasteiger partial charge >= 0.3 is 0 Å². The van der Waals surface area contributed by atoms with Crippen molar-refractivity contribution in [3.8, 4) is 0 Å². The van der Waals surface area contributed by atoms with Gasteiger partial charge in [-0.05, 0) is 22.3 Å². The van der Waals surface area contributed by atoms with Crippen LogP contribution in [-0.2, 0) is 5.75 Å². The minimum Gasteiger partial charge on any atom is -0.0619 e. The van der Waals surface area contributed by atoms with Crippen molar-refractivity contribution in [2.75, 3.05) is 0 Å². The van der Waals surface area contributed by atoms with Gasteiger partial charge in [0.15, 0.2) is 0 Å². The van der Waals surface area contributed by atoms with Gasteiger partial charge in [0.1, 0.15) is 0 Å². The number of hydrogen-bond acceptors (Lipinski definition) is 1. The first-order valence-electron chi connectivity index (χ1n) is 2.81. The molecule has 0 atom stereocenters. The lowest BCUT2D eigenvalue weighted by Crippen LogP contribution is -1.78. The molecule has 1 aromatic rings. The molecule has 0 amide bonds. The molecule has 0 N–H and O–H groups in total. The van der Waals surface area contributed by atoms with Crippen molar-refractivity contribution in [2.45, 2.75) is 5.75 Å². The van der Waals surface area contributed by atoms with Crippen LogP contribution in [0.3, 0.4) is 0 Å². The summed E-state index contributed by atoms with van der Waals surface area (Å²) in [5.41, 5.74) is 1.24. The van der Waals surface area contributed by atoms with Gasteiger partial charge in [-0.15, -0.1) is 0 Å². The highest BCUT2D eigenvalue weighted by atomic mass is 79.9. The van der Waals surface area contributed by atoms with Gasteiger partial charge in [0.25, 0.3) is 0 Å². The second kappa shape index (κ2) is 4.27. The van der Waals surface area contributed by atoms with Crippen LogP contribution in [0.5, 0.6) is 0 Å². The minimum absolute atomic E-state index is 0.850. The summed E-state index contributed by atoms with van der Waals surface area (Å²) >= 11 is 3.43. The van der Waals surface area contributed by atoms with Crippen LogP contribution in [0.2, 0.25) is 0 Å². The molecule has 0 aromatic heterocycles. The predicted molar refractivity (Wildman–Crippen MR) is 51.3 cm³/mol.